The average molecular weight is 376 g/mol. The van der Waals surface area contributed by atoms with Gasteiger partial charge in [-0.1, -0.05) is 0 Å². The molecule has 3 atom stereocenters. The summed E-state index contributed by atoms with van der Waals surface area (Å²) in [4.78, 5) is 67.8. The van der Waals surface area contributed by atoms with Gasteiger partial charge in [0.05, 0.1) is 19.4 Å². The average Bonchev–Trinajstić information content (AvgIpc) is 2.52. The number of nitrogens with two attached hydrogens (primary N) is 1. The molecule has 13 nitrogen and oxygen atoms in total. The van der Waals surface area contributed by atoms with E-state index in [0.717, 1.165) is 6.92 Å². The van der Waals surface area contributed by atoms with Crippen molar-refractivity contribution < 1.29 is 44.1 Å². The van der Waals surface area contributed by atoms with Gasteiger partial charge in [-0.15, -0.1) is 0 Å². The Labute approximate surface area is 146 Å². The lowest BCUT2D eigenvalue weighted by atomic mass is 10.1. The lowest BCUT2D eigenvalue weighted by Crippen LogP contribution is -2.56. The van der Waals surface area contributed by atoms with Crippen LogP contribution in [0.25, 0.3) is 0 Å². The van der Waals surface area contributed by atoms with Gasteiger partial charge < -0.3 is 37.0 Å². The highest BCUT2D eigenvalue weighted by Crippen LogP contribution is 1.99. The van der Waals surface area contributed by atoms with Crippen molar-refractivity contribution in [3.8, 4) is 0 Å². The van der Waals surface area contributed by atoms with Crippen LogP contribution in [0.4, 0.5) is 0 Å². The smallest absolute Gasteiger partial charge is 0.325 e. The third-order valence-electron chi connectivity index (χ3n) is 2.96. The van der Waals surface area contributed by atoms with Gasteiger partial charge in [-0.25, -0.2) is 0 Å². The molecule has 3 amide bonds. The van der Waals surface area contributed by atoms with Crippen LogP contribution in [0.2, 0.25) is 0 Å². The molecule has 0 radical (unpaired) electrons. The number of carbonyl (C=O) groups excluding carboxylic acids is 3. The Morgan fingerprint density at radius 2 is 1.23 bits per heavy atom. The van der Waals surface area contributed by atoms with E-state index in [1.54, 1.807) is 0 Å². The van der Waals surface area contributed by atoms with Crippen LogP contribution in [0.3, 0.4) is 0 Å². The standard InChI is InChI=1S/C13H20N4O9/c1-5(13(25)26)15-11(23)7(3-10(21)22)17-12(24)6(2-9(19)20)16-8(18)4-14/h5-7H,2-4,14H2,1H3,(H,15,23)(H,16,18)(H,17,24)(H,19,20)(H,21,22)(H,25,26). The topological polar surface area (TPSA) is 225 Å². The molecule has 3 unspecified atom stereocenters. The minimum Gasteiger partial charge on any atom is -0.481 e. The Morgan fingerprint density at radius 3 is 1.62 bits per heavy atom. The minimum absolute atomic E-state index is 0.529. The van der Waals surface area contributed by atoms with Gasteiger partial charge in [-0.2, -0.15) is 0 Å². The molecule has 0 aromatic heterocycles. The molecule has 0 aromatic carbocycles. The first-order chi connectivity index (χ1) is 12.0. The van der Waals surface area contributed by atoms with Crippen molar-refractivity contribution >= 4 is 35.6 Å². The molecule has 13 heteroatoms. The summed E-state index contributed by atoms with van der Waals surface area (Å²) in [6.45, 7) is 0.590. The minimum atomic E-state index is -1.69. The van der Waals surface area contributed by atoms with Crippen molar-refractivity contribution in [1.82, 2.24) is 16.0 Å². The van der Waals surface area contributed by atoms with Gasteiger partial charge >= 0.3 is 17.9 Å². The van der Waals surface area contributed by atoms with Crippen molar-refractivity contribution in [3.05, 3.63) is 0 Å². The van der Waals surface area contributed by atoms with Crippen molar-refractivity contribution in [2.24, 2.45) is 5.73 Å². The highest BCUT2D eigenvalue weighted by molar-refractivity contribution is 5.96. The van der Waals surface area contributed by atoms with Gasteiger partial charge in [0.1, 0.15) is 18.1 Å². The van der Waals surface area contributed by atoms with E-state index in [4.69, 9.17) is 21.1 Å². The fourth-order valence-corrected chi connectivity index (χ4v) is 1.67. The first-order valence-corrected chi connectivity index (χ1v) is 7.24. The first-order valence-electron chi connectivity index (χ1n) is 7.24. The Bertz CT molecular complexity index is 592. The van der Waals surface area contributed by atoms with Crippen LogP contribution in [0.1, 0.15) is 19.8 Å². The van der Waals surface area contributed by atoms with E-state index < -0.39 is 73.1 Å². The summed E-state index contributed by atoms with van der Waals surface area (Å²) in [5.41, 5.74) is 5.06. The summed E-state index contributed by atoms with van der Waals surface area (Å²) in [6.07, 6.45) is -1.74. The zero-order chi connectivity index (χ0) is 20.4. The third-order valence-corrected chi connectivity index (χ3v) is 2.96. The van der Waals surface area contributed by atoms with Crippen molar-refractivity contribution in [2.45, 2.75) is 37.9 Å². The van der Waals surface area contributed by atoms with Crippen molar-refractivity contribution in [3.63, 3.8) is 0 Å². The van der Waals surface area contributed by atoms with Crippen LogP contribution in [0.5, 0.6) is 0 Å². The zero-order valence-corrected chi connectivity index (χ0v) is 13.7. The van der Waals surface area contributed by atoms with Crippen molar-refractivity contribution in [1.29, 1.82) is 0 Å². The first kappa shape index (κ1) is 22.8. The molecule has 0 rings (SSSR count). The second-order valence-electron chi connectivity index (χ2n) is 5.15. The van der Waals surface area contributed by atoms with E-state index in [2.05, 4.69) is 0 Å². The number of hydrogen-bond donors (Lipinski definition) is 7. The molecule has 26 heavy (non-hydrogen) atoms. The second-order valence-corrected chi connectivity index (χ2v) is 5.15. The summed E-state index contributed by atoms with van der Waals surface area (Å²) < 4.78 is 0. The van der Waals surface area contributed by atoms with Crippen LogP contribution in [-0.2, 0) is 28.8 Å². The number of rotatable bonds is 11. The predicted octanol–water partition coefficient (Wildman–Crippen LogP) is -3.55. The fraction of sp³-hybridized carbons (Fsp3) is 0.538. The van der Waals surface area contributed by atoms with Crippen LogP contribution in [-0.4, -0.2) is 75.6 Å². The Balaban J connectivity index is 5.24. The lowest BCUT2D eigenvalue weighted by Gasteiger charge is -2.22. The van der Waals surface area contributed by atoms with Crippen molar-refractivity contribution in [2.75, 3.05) is 6.54 Å². The molecule has 0 saturated carbocycles. The molecule has 0 aliphatic rings. The van der Waals surface area contributed by atoms with Crippen LogP contribution in [0.15, 0.2) is 0 Å². The van der Waals surface area contributed by atoms with Gasteiger partial charge in [-0.05, 0) is 6.92 Å². The monoisotopic (exact) mass is 376 g/mol. The zero-order valence-electron chi connectivity index (χ0n) is 13.7. The van der Waals surface area contributed by atoms with E-state index in [9.17, 15) is 28.8 Å². The quantitative estimate of drug-likeness (QED) is 0.188. The fourth-order valence-electron chi connectivity index (χ4n) is 1.67. The van der Waals surface area contributed by atoms with E-state index >= 15 is 0 Å². The van der Waals surface area contributed by atoms with Gasteiger partial charge in [0.15, 0.2) is 0 Å². The maximum Gasteiger partial charge on any atom is 0.325 e. The van der Waals surface area contributed by atoms with E-state index in [-0.39, 0.29) is 0 Å². The Morgan fingerprint density at radius 1 is 0.808 bits per heavy atom. The molecule has 0 aromatic rings. The molecule has 8 N–H and O–H groups in total. The SMILES string of the molecule is CC(NC(=O)C(CC(=O)O)NC(=O)C(CC(=O)O)NC(=O)CN)C(=O)O. The van der Waals surface area contributed by atoms with Crippen LogP contribution >= 0.6 is 0 Å². The summed E-state index contributed by atoms with van der Waals surface area (Å²) in [5, 5.41) is 32.4. The number of hydrogen-bond acceptors (Lipinski definition) is 7. The number of carboxylic acids is 3. The van der Waals surface area contributed by atoms with Gasteiger partial charge in [0, 0.05) is 0 Å². The molecular formula is C13H20N4O9. The molecular weight excluding hydrogens is 356 g/mol. The number of nitrogens with one attached hydrogen (secondary N) is 3. The van der Waals surface area contributed by atoms with E-state index in [1.165, 1.54) is 0 Å². The highest BCUT2D eigenvalue weighted by atomic mass is 16.4. The number of amides is 3. The lowest BCUT2D eigenvalue weighted by molar-refractivity contribution is -0.144. The van der Waals surface area contributed by atoms with Crippen LogP contribution in [0, 0.1) is 0 Å². The normalized spacial score (nSPS) is 13.6. The molecule has 0 heterocycles. The van der Waals surface area contributed by atoms with Gasteiger partial charge in [-0.3, -0.25) is 28.8 Å². The highest BCUT2D eigenvalue weighted by Gasteiger charge is 2.30. The summed E-state index contributed by atoms with van der Waals surface area (Å²) in [6, 6.07) is -4.65. The summed E-state index contributed by atoms with van der Waals surface area (Å²) >= 11 is 0. The second kappa shape index (κ2) is 10.6. The summed E-state index contributed by atoms with van der Waals surface area (Å²) in [7, 11) is 0. The van der Waals surface area contributed by atoms with Gasteiger partial charge in [0.25, 0.3) is 0 Å². The molecule has 146 valence electrons. The molecule has 0 spiro atoms. The molecule has 0 bridgehead atoms. The molecule has 0 aliphatic carbocycles. The van der Waals surface area contributed by atoms with E-state index in [0.29, 0.717) is 0 Å². The van der Waals surface area contributed by atoms with Crippen LogP contribution < -0.4 is 21.7 Å². The molecule has 0 saturated heterocycles. The Kier molecular flexibility index (Phi) is 9.29. The predicted molar refractivity (Wildman–Crippen MR) is 82.7 cm³/mol. The molecule has 0 aliphatic heterocycles. The number of carboxylic acid groups (broad SMARTS) is 3. The molecule has 0 fully saturated rings. The largest absolute Gasteiger partial charge is 0.481 e. The van der Waals surface area contributed by atoms with Gasteiger partial charge in [0.2, 0.25) is 17.7 Å². The number of aliphatic carboxylic acids is 3. The maximum atomic E-state index is 12.1. The summed E-state index contributed by atoms with van der Waals surface area (Å²) in [5.74, 6) is -7.40. The van der Waals surface area contributed by atoms with E-state index in [1.807, 2.05) is 16.0 Å². The maximum absolute atomic E-state index is 12.1. The third kappa shape index (κ3) is 8.58. The Hall–Kier alpha value is -3.22. The number of carbonyl (C=O) groups is 6.